The maximum absolute atomic E-state index is 12.4. The van der Waals surface area contributed by atoms with E-state index < -0.39 is 0 Å². The normalized spacial score (nSPS) is 10.3. The van der Waals surface area contributed by atoms with Gasteiger partial charge >= 0.3 is 0 Å². The van der Waals surface area contributed by atoms with Crippen molar-refractivity contribution in [2.45, 2.75) is 19.9 Å². The van der Waals surface area contributed by atoms with Gasteiger partial charge in [-0.15, -0.1) is 0 Å². The molecule has 0 unspecified atom stereocenters. The molecular weight excluding hydrogens is 324 g/mol. The van der Waals surface area contributed by atoms with Gasteiger partial charge in [0.15, 0.2) is 0 Å². The molecule has 0 fully saturated rings. The van der Waals surface area contributed by atoms with Crippen molar-refractivity contribution < 1.29 is 4.79 Å². The molecule has 5 heteroatoms. The predicted molar refractivity (Wildman–Crippen MR) is 103 cm³/mol. The molecule has 1 amide bonds. The summed E-state index contributed by atoms with van der Waals surface area (Å²) in [7, 11) is 0. The molecule has 1 aromatic heterocycles. The minimum Gasteiger partial charge on any atom is -0.354 e. The number of hydrogen-bond acceptors (Lipinski definition) is 4. The first-order chi connectivity index (χ1) is 12.7. The molecule has 0 aliphatic carbocycles. The van der Waals surface area contributed by atoms with Crippen LogP contribution in [-0.4, -0.2) is 22.4 Å². The fourth-order valence-electron chi connectivity index (χ4n) is 2.60. The first-order valence-corrected chi connectivity index (χ1v) is 8.66. The first-order valence-electron chi connectivity index (χ1n) is 8.66. The summed E-state index contributed by atoms with van der Waals surface area (Å²) in [5.41, 5.74) is 3.42. The Labute approximate surface area is 153 Å². The van der Waals surface area contributed by atoms with Gasteiger partial charge in [0.25, 0.3) is 5.91 Å². The molecule has 0 saturated heterocycles. The molecule has 0 aliphatic heterocycles. The number of nitrogens with zero attached hydrogens (tertiary/aromatic N) is 2. The number of anilines is 1. The average Bonchev–Trinajstić information content (AvgIpc) is 2.67. The van der Waals surface area contributed by atoms with E-state index in [-0.39, 0.29) is 5.91 Å². The highest BCUT2D eigenvalue weighted by Crippen LogP contribution is 2.07. The molecule has 0 aliphatic rings. The molecule has 0 radical (unpaired) electrons. The summed E-state index contributed by atoms with van der Waals surface area (Å²) in [5.74, 6) is 0.274. The lowest BCUT2D eigenvalue weighted by Gasteiger charge is -2.09. The smallest absolute Gasteiger partial charge is 0.270 e. The van der Waals surface area contributed by atoms with Gasteiger partial charge in [0.05, 0.1) is 0 Å². The summed E-state index contributed by atoms with van der Waals surface area (Å²) >= 11 is 0. The summed E-state index contributed by atoms with van der Waals surface area (Å²) < 4.78 is 0. The zero-order chi connectivity index (χ0) is 18.2. The van der Waals surface area contributed by atoms with Crippen LogP contribution in [0.1, 0.15) is 27.3 Å². The molecule has 0 spiro atoms. The molecule has 0 saturated carbocycles. The second kappa shape index (κ2) is 8.76. The zero-order valence-corrected chi connectivity index (χ0v) is 14.8. The van der Waals surface area contributed by atoms with E-state index in [1.54, 1.807) is 6.07 Å². The first kappa shape index (κ1) is 17.6. The highest BCUT2D eigenvalue weighted by atomic mass is 16.1. The second-order valence-corrected chi connectivity index (χ2v) is 6.05. The summed E-state index contributed by atoms with van der Waals surface area (Å²) in [4.78, 5) is 21.1. The van der Waals surface area contributed by atoms with Crippen LogP contribution in [0.4, 0.5) is 5.95 Å². The molecule has 1 heterocycles. The van der Waals surface area contributed by atoms with Crippen molar-refractivity contribution in [3.8, 4) is 0 Å². The van der Waals surface area contributed by atoms with Crippen LogP contribution in [0.15, 0.2) is 66.7 Å². The third-order valence-electron chi connectivity index (χ3n) is 3.92. The van der Waals surface area contributed by atoms with Crippen molar-refractivity contribution in [2.24, 2.45) is 0 Å². The quantitative estimate of drug-likeness (QED) is 0.688. The number of carbonyl (C=O) groups excluding carboxylic acids is 1. The Balaban J connectivity index is 1.58. The Bertz CT molecular complexity index is 850. The predicted octanol–water partition coefficient (Wildman–Crippen LogP) is 3.37. The van der Waals surface area contributed by atoms with Gasteiger partial charge in [-0.05, 0) is 30.5 Å². The average molecular weight is 346 g/mol. The second-order valence-electron chi connectivity index (χ2n) is 6.05. The van der Waals surface area contributed by atoms with Crippen molar-refractivity contribution in [1.29, 1.82) is 0 Å². The number of benzene rings is 2. The fourth-order valence-corrected chi connectivity index (χ4v) is 2.60. The Morgan fingerprint density at radius 2 is 1.58 bits per heavy atom. The van der Waals surface area contributed by atoms with Crippen LogP contribution < -0.4 is 10.6 Å². The largest absolute Gasteiger partial charge is 0.354 e. The molecule has 0 bridgehead atoms. The summed E-state index contributed by atoms with van der Waals surface area (Å²) in [6.45, 7) is 3.04. The van der Waals surface area contributed by atoms with Crippen LogP contribution in [0, 0.1) is 6.92 Å². The maximum Gasteiger partial charge on any atom is 0.270 e. The van der Waals surface area contributed by atoms with Gasteiger partial charge in [0.1, 0.15) is 5.69 Å². The van der Waals surface area contributed by atoms with Crippen LogP contribution >= 0.6 is 0 Å². The van der Waals surface area contributed by atoms with Crippen molar-refractivity contribution in [3.63, 3.8) is 0 Å². The molecule has 26 heavy (non-hydrogen) atoms. The topological polar surface area (TPSA) is 66.9 Å². The Morgan fingerprint density at radius 1 is 0.923 bits per heavy atom. The van der Waals surface area contributed by atoms with E-state index in [4.69, 9.17) is 0 Å². The molecule has 132 valence electrons. The summed E-state index contributed by atoms with van der Waals surface area (Å²) in [6.07, 6.45) is 0.869. The lowest BCUT2D eigenvalue weighted by Crippen LogP contribution is -2.24. The molecular formula is C21H22N4O. The Morgan fingerprint density at radius 3 is 2.27 bits per heavy atom. The van der Waals surface area contributed by atoms with Gasteiger partial charge in [0, 0.05) is 18.8 Å². The molecule has 2 aromatic carbocycles. The van der Waals surface area contributed by atoms with E-state index in [0.717, 1.165) is 17.7 Å². The van der Waals surface area contributed by atoms with Crippen LogP contribution in [-0.2, 0) is 13.0 Å². The van der Waals surface area contributed by atoms with Crippen molar-refractivity contribution >= 4 is 11.9 Å². The highest BCUT2D eigenvalue weighted by Gasteiger charge is 2.10. The van der Waals surface area contributed by atoms with E-state index in [1.165, 1.54) is 5.56 Å². The van der Waals surface area contributed by atoms with Gasteiger partial charge in [-0.1, -0.05) is 60.7 Å². The number of rotatable bonds is 7. The maximum atomic E-state index is 12.4. The van der Waals surface area contributed by atoms with Crippen LogP contribution in [0.3, 0.4) is 0 Å². The monoisotopic (exact) mass is 346 g/mol. The minimum absolute atomic E-state index is 0.203. The van der Waals surface area contributed by atoms with E-state index in [1.807, 2.05) is 55.5 Å². The van der Waals surface area contributed by atoms with Gasteiger partial charge in [0.2, 0.25) is 5.95 Å². The van der Waals surface area contributed by atoms with E-state index in [9.17, 15) is 4.79 Å². The van der Waals surface area contributed by atoms with Crippen molar-refractivity contribution in [2.75, 3.05) is 11.9 Å². The number of aromatic nitrogens is 2. The lowest BCUT2D eigenvalue weighted by atomic mass is 10.1. The number of aryl methyl sites for hydroxylation is 1. The molecule has 0 atom stereocenters. The van der Waals surface area contributed by atoms with Gasteiger partial charge in [-0.2, -0.15) is 0 Å². The molecule has 5 nitrogen and oxygen atoms in total. The number of carbonyl (C=O) groups is 1. The Kier molecular flexibility index (Phi) is 5.93. The summed E-state index contributed by atoms with van der Waals surface area (Å²) in [6, 6.07) is 21.7. The van der Waals surface area contributed by atoms with Gasteiger partial charge in [-0.3, -0.25) is 4.79 Å². The van der Waals surface area contributed by atoms with Crippen LogP contribution in [0.5, 0.6) is 0 Å². The minimum atomic E-state index is -0.203. The SMILES string of the molecule is Cc1cc(C(=O)NCc2ccccc2)nc(NCCc2ccccc2)n1. The van der Waals surface area contributed by atoms with E-state index in [0.29, 0.717) is 24.7 Å². The van der Waals surface area contributed by atoms with Gasteiger partial charge in [-0.25, -0.2) is 9.97 Å². The van der Waals surface area contributed by atoms with E-state index >= 15 is 0 Å². The molecule has 2 N–H and O–H groups in total. The zero-order valence-electron chi connectivity index (χ0n) is 14.8. The Hall–Kier alpha value is -3.21. The third kappa shape index (κ3) is 5.14. The number of hydrogen-bond donors (Lipinski definition) is 2. The summed E-state index contributed by atoms with van der Waals surface area (Å²) in [5, 5.41) is 6.10. The lowest BCUT2D eigenvalue weighted by molar-refractivity contribution is 0.0945. The van der Waals surface area contributed by atoms with Crippen molar-refractivity contribution in [3.05, 3.63) is 89.2 Å². The van der Waals surface area contributed by atoms with Crippen molar-refractivity contribution in [1.82, 2.24) is 15.3 Å². The standard InChI is InChI=1S/C21H22N4O/c1-16-14-19(20(26)23-15-18-10-6-3-7-11-18)25-21(24-16)22-13-12-17-8-4-2-5-9-17/h2-11,14H,12-13,15H2,1H3,(H,23,26)(H,22,24,25). The highest BCUT2D eigenvalue weighted by molar-refractivity contribution is 5.92. The third-order valence-corrected chi connectivity index (χ3v) is 3.92. The fraction of sp³-hybridized carbons (Fsp3) is 0.190. The van der Waals surface area contributed by atoms with Crippen LogP contribution in [0.25, 0.3) is 0 Å². The van der Waals surface area contributed by atoms with Crippen LogP contribution in [0.2, 0.25) is 0 Å². The van der Waals surface area contributed by atoms with E-state index in [2.05, 4.69) is 32.7 Å². The molecule has 3 aromatic rings. The molecule has 3 rings (SSSR count). The number of nitrogens with one attached hydrogen (secondary N) is 2. The van der Waals surface area contributed by atoms with Gasteiger partial charge < -0.3 is 10.6 Å². The number of amides is 1.